The van der Waals surface area contributed by atoms with Crippen molar-refractivity contribution < 1.29 is 9.47 Å². The van der Waals surface area contributed by atoms with E-state index in [1.165, 1.54) is 20.3 Å². The fourth-order valence-electron chi connectivity index (χ4n) is 1.13. The summed E-state index contributed by atoms with van der Waals surface area (Å²) in [5, 5.41) is 0.268. The minimum Gasteiger partial charge on any atom is -0.493 e. The monoisotopic (exact) mass is 322 g/mol. The molecule has 1 aromatic rings. The van der Waals surface area contributed by atoms with Gasteiger partial charge in [0.25, 0.3) is 0 Å². The zero-order chi connectivity index (χ0) is 12.5. The summed E-state index contributed by atoms with van der Waals surface area (Å²) >= 11 is 29.2. The van der Waals surface area contributed by atoms with E-state index in [0.29, 0.717) is 11.5 Å². The fourth-order valence-corrected chi connectivity index (χ4v) is 2.28. The molecule has 0 saturated heterocycles. The summed E-state index contributed by atoms with van der Waals surface area (Å²) in [6, 6.07) is 1.47. The van der Waals surface area contributed by atoms with E-state index < -0.39 is 3.79 Å². The molecule has 0 radical (unpaired) electrons. The number of hydrogen-bond donors (Lipinski definition) is 0. The lowest BCUT2D eigenvalue weighted by Crippen LogP contribution is -2.04. The number of rotatable bonds is 2. The first-order chi connectivity index (χ1) is 7.32. The predicted molar refractivity (Wildman–Crippen MR) is 68.8 cm³/mol. The average molecular weight is 324 g/mol. The molecule has 0 aromatic heterocycles. The largest absolute Gasteiger partial charge is 0.493 e. The van der Waals surface area contributed by atoms with Gasteiger partial charge < -0.3 is 9.47 Å². The molecule has 2 nitrogen and oxygen atoms in total. The van der Waals surface area contributed by atoms with Crippen molar-refractivity contribution in [2.24, 2.45) is 0 Å². The van der Waals surface area contributed by atoms with E-state index in [9.17, 15) is 0 Å². The van der Waals surface area contributed by atoms with Gasteiger partial charge in [-0.3, -0.25) is 0 Å². The van der Waals surface area contributed by atoms with Crippen LogP contribution in [0.3, 0.4) is 0 Å². The first-order valence-electron chi connectivity index (χ1n) is 4.00. The van der Waals surface area contributed by atoms with E-state index in [-0.39, 0.29) is 15.6 Å². The number of hydrogen-bond acceptors (Lipinski definition) is 2. The van der Waals surface area contributed by atoms with Crippen molar-refractivity contribution in [1.29, 1.82) is 0 Å². The third-order valence-corrected chi connectivity index (χ3v) is 3.32. The molecule has 0 amide bonds. The zero-order valence-corrected chi connectivity index (χ0v) is 12.1. The van der Waals surface area contributed by atoms with E-state index in [1.807, 2.05) is 0 Å². The lowest BCUT2D eigenvalue weighted by atomic mass is 10.2. The molecule has 0 bridgehead atoms. The lowest BCUT2D eigenvalue weighted by Gasteiger charge is -2.18. The van der Waals surface area contributed by atoms with Gasteiger partial charge in [-0.1, -0.05) is 58.0 Å². The second-order valence-electron chi connectivity index (χ2n) is 2.79. The molecule has 7 heteroatoms. The Morgan fingerprint density at radius 3 is 1.94 bits per heavy atom. The van der Waals surface area contributed by atoms with Gasteiger partial charge in [-0.25, -0.2) is 0 Å². The maximum absolute atomic E-state index is 5.98. The van der Waals surface area contributed by atoms with Crippen molar-refractivity contribution in [2.75, 3.05) is 14.2 Å². The Hall–Kier alpha value is 0.270. The molecular formula is C9H7Cl5O2. The van der Waals surface area contributed by atoms with Gasteiger partial charge in [0.2, 0.25) is 3.79 Å². The fraction of sp³-hybridized carbons (Fsp3) is 0.333. The number of methoxy groups -OCH3 is 2. The molecule has 0 aliphatic carbocycles. The van der Waals surface area contributed by atoms with Crippen LogP contribution in [0.1, 0.15) is 5.56 Å². The molecule has 0 heterocycles. The van der Waals surface area contributed by atoms with Gasteiger partial charge in [0.15, 0.2) is 11.5 Å². The van der Waals surface area contributed by atoms with Gasteiger partial charge >= 0.3 is 0 Å². The molecule has 0 N–H and O–H groups in total. The maximum Gasteiger partial charge on any atom is 0.217 e. The quantitative estimate of drug-likeness (QED) is 0.725. The molecule has 0 saturated carbocycles. The van der Waals surface area contributed by atoms with Crippen molar-refractivity contribution in [3.8, 4) is 11.5 Å². The Labute approximate surface area is 118 Å². The summed E-state index contributed by atoms with van der Waals surface area (Å²) in [4.78, 5) is 0. The van der Waals surface area contributed by atoms with Crippen molar-refractivity contribution in [3.63, 3.8) is 0 Å². The van der Waals surface area contributed by atoms with E-state index in [2.05, 4.69) is 0 Å². The summed E-state index contributed by atoms with van der Waals surface area (Å²) in [6.45, 7) is 0. The molecule has 1 rings (SSSR count). The molecule has 0 aliphatic rings. The smallest absolute Gasteiger partial charge is 0.217 e. The highest BCUT2D eigenvalue weighted by Gasteiger charge is 2.30. The van der Waals surface area contributed by atoms with E-state index in [0.717, 1.165) is 0 Å². The minimum absolute atomic E-state index is 0.124. The zero-order valence-electron chi connectivity index (χ0n) is 8.28. The van der Waals surface area contributed by atoms with Gasteiger partial charge in [0, 0.05) is 5.56 Å². The van der Waals surface area contributed by atoms with Crippen LogP contribution in [0, 0.1) is 0 Å². The molecular weight excluding hydrogens is 317 g/mol. The van der Waals surface area contributed by atoms with Crippen LogP contribution < -0.4 is 9.47 Å². The van der Waals surface area contributed by atoms with Crippen LogP contribution in [0.2, 0.25) is 10.0 Å². The van der Waals surface area contributed by atoms with Gasteiger partial charge in [0.05, 0.1) is 19.2 Å². The van der Waals surface area contributed by atoms with Gasteiger partial charge in [-0.2, -0.15) is 0 Å². The second kappa shape index (κ2) is 5.28. The Morgan fingerprint density at radius 2 is 1.56 bits per heavy atom. The van der Waals surface area contributed by atoms with Crippen LogP contribution in [0.4, 0.5) is 0 Å². The standard InChI is InChI=1S/C9H7Cl5O2/c1-15-5-3-4(9(12,13)14)6(10)7(11)8(5)16-2/h3H,1-2H3. The maximum atomic E-state index is 5.98. The highest BCUT2D eigenvalue weighted by Crippen LogP contribution is 2.49. The molecule has 90 valence electrons. The third-order valence-electron chi connectivity index (χ3n) is 1.86. The van der Waals surface area contributed by atoms with Crippen LogP contribution in [-0.2, 0) is 3.79 Å². The number of ether oxygens (including phenoxy) is 2. The van der Waals surface area contributed by atoms with Crippen LogP contribution in [0.15, 0.2) is 6.07 Å². The number of halogens is 5. The van der Waals surface area contributed by atoms with Gasteiger partial charge in [-0.15, -0.1) is 0 Å². The topological polar surface area (TPSA) is 18.5 Å². The Morgan fingerprint density at radius 1 is 1.00 bits per heavy atom. The van der Waals surface area contributed by atoms with E-state index in [1.54, 1.807) is 0 Å². The first-order valence-corrected chi connectivity index (χ1v) is 5.89. The van der Waals surface area contributed by atoms with Crippen LogP contribution in [0.5, 0.6) is 11.5 Å². The summed E-state index contributed by atoms with van der Waals surface area (Å²) < 4.78 is 8.43. The van der Waals surface area contributed by atoms with Gasteiger partial charge in [-0.05, 0) is 6.07 Å². The van der Waals surface area contributed by atoms with Crippen molar-refractivity contribution in [1.82, 2.24) is 0 Å². The molecule has 16 heavy (non-hydrogen) atoms. The second-order valence-corrected chi connectivity index (χ2v) is 5.82. The molecule has 0 fully saturated rings. The van der Waals surface area contributed by atoms with E-state index >= 15 is 0 Å². The Bertz CT molecular complexity index is 400. The summed E-state index contributed by atoms with van der Waals surface area (Å²) in [5.41, 5.74) is 0.238. The van der Waals surface area contributed by atoms with Gasteiger partial charge in [0.1, 0.15) is 5.02 Å². The Kier molecular flexibility index (Phi) is 4.73. The van der Waals surface area contributed by atoms with Crippen LogP contribution >= 0.6 is 58.0 Å². The molecule has 0 aliphatic heterocycles. The Balaban J connectivity index is 3.51. The molecule has 0 spiro atoms. The number of alkyl halides is 3. The highest BCUT2D eigenvalue weighted by atomic mass is 35.6. The minimum atomic E-state index is -1.68. The lowest BCUT2D eigenvalue weighted by molar-refractivity contribution is 0.355. The first kappa shape index (κ1) is 14.3. The van der Waals surface area contributed by atoms with Crippen molar-refractivity contribution in [2.45, 2.75) is 3.79 Å². The predicted octanol–water partition coefficient (Wildman–Crippen LogP) is 4.84. The SMILES string of the molecule is COc1cc(C(Cl)(Cl)Cl)c(Cl)c(Cl)c1OC. The van der Waals surface area contributed by atoms with Crippen molar-refractivity contribution >= 4 is 58.0 Å². The average Bonchev–Trinajstić information content (AvgIpc) is 2.19. The summed E-state index contributed by atoms with van der Waals surface area (Å²) in [7, 11) is 2.89. The number of benzene rings is 1. The highest BCUT2D eigenvalue weighted by molar-refractivity contribution is 6.67. The van der Waals surface area contributed by atoms with Crippen LogP contribution in [0.25, 0.3) is 0 Å². The summed E-state index contributed by atoms with van der Waals surface area (Å²) in [6.07, 6.45) is 0. The molecule has 0 atom stereocenters. The van der Waals surface area contributed by atoms with Crippen LogP contribution in [-0.4, -0.2) is 14.2 Å². The normalized spacial score (nSPS) is 11.4. The molecule has 0 unspecified atom stereocenters. The van der Waals surface area contributed by atoms with Crippen molar-refractivity contribution in [3.05, 3.63) is 21.7 Å². The molecule has 1 aromatic carbocycles. The summed E-state index contributed by atoms with van der Waals surface area (Å²) in [5.74, 6) is 0.644. The van der Waals surface area contributed by atoms with E-state index in [4.69, 9.17) is 67.5 Å². The third kappa shape index (κ3) is 2.74.